The molecule has 0 aliphatic heterocycles. The quantitative estimate of drug-likeness (QED) is 0.523. The van der Waals surface area contributed by atoms with Crippen molar-refractivity contribution in [3.8, 4) is 0 Å². The van der Waals surface area contributed by atoms with E-state index in [-0.39, 0.29) is 17.5 Å². The smallest absolute Gasteiger partial charge is 0.354 e. The van der Waals surface area contributed by atoms with Crippen LogP contribution in [0.1, 0.15) is 20.8 Å². The third-order valence-corrected chi connectivity index (χ3v) is 1.22. The lowest BCUT2D eigenvalue weighted by molar-refractivity contribution is -0.137. The zero-order valence-electron chi connectivity index (χ0n) is 8.38. The second-order valence-electron chi connectivity index (χ2n) is 3.00. The summed E-state index contributed by atoms with van der Waals surface area (Å²) < 4.78 is 4.49. The van der Waals surface area contributed by atoms with Crippen molar-refractivity contribution in [2.45, 2.75) is 20.8 Å². The number of amides is 1. The Hall–Kier alpha value is -1.32. The van der Waals surface area contributed by atoms with Crippen LogP contribution < -0.4 is 5.32 Å². The van der Waals surface area contributed by atoms with Gasteiger partial charge in [0.1, 0.15) is 5.70 Å². The number of carbonyl (C=O) groups is 2. The first-order valence-electron chi connectivity index (χ1n) is 4.05. The van der Waals surface area contributed by atoms with Gasteiger partial charge in [0.25, 0.3) is 0 Å². The van der Waals surface area contributed by atoms with Gasteiger partial charge in [-0.1, -0.05) is 19.9 Å². The summed E-state index contributed by atoms with van der Waals surface area (Å²) in [6.45, 7) is 5.16. The molecule has 1 amide bonds. The topological polar surface area (TPSA) is 55.4 Å². The lowest BCUT2D eigenvalue weighted by atomic mass is 10.2. The monoisotopic (exact) mass is 185 g/mol. The van der Waals surface area contributed by atoms with Gasteiger partial charge in [0.05, 0.1) is 7.11 Å². The summed E-state index contributed by atoms with van der Waals surface area (Å²) in [7, 11) is 1.28. The number of esters is 1. The molecule has 4 nitrogen and oxygen atoms in total. The normalized spacial score (nSPS) is 11.3. The second kappa shape index (κ2) is 5.35. The van der Waals surface area contributed by atoms with E-state index < -0.39 is 5.97 Å². The van der Waals surface area contributed by atoms with Crippen LogP contribution in [0.4, 0.5) is 0 Å². The fourth-order valence-electron chi connectivity index (χ4n) is 0.794. The number of ether oxygens (including phenoxy) is 1. The molecule has 0 bridgehead atoms. The van der Waals surface area contributed by atoms with Crippen LogP contribution in [0.5, 0.6) is 0 Å². The molecule has 0 aromatic rings. The summed E-state index contributed by atoms with van der Waals surface area (Å²) in [6, 6.07) is 0. The Kier molecular flexibility index (Phi) is 4.80. The van der Waals surface area contributed by atoms with Crippen molar-refractivity contribution in [3.05, 3.63) is 11.8 Å². The average molecular weight is 185 g/mol. The van der Waals surface area contributed by atoms with E-state index in [0.717, 1.165) is 0 Å². The number of nitrogens with one attached hydrogen (secondary N) is 1. The third-order valence-electron chi connectivity index (χ3n) is 1.22. The van der Waals surface area contributed by atoms with Gasteiger partial charge >= 0.3 is 5.97 Å². The van der Waals surface area contributed by atoms with Crippen molar-refractivity contribution in [1.29, 1.82) is 0 Å². The average Bonchev–Trinajstić information content (AvgIpc) is 2.00. The molecule has 1 N–H and O–H groups in total. The Bertz CT molecular complexity index is 231. The van der Waals surface area contributed by atoms with Gasteiger partial charge < -0.3 is 10.1 Å². The van der Waals surface area contributed by atoms with Crippen molar-refractivity contribution in [2.24, 2.45) is 5.92 Å². The third kappa shape index (κ3) is 5.00. The standard InChI is InChI=1S/C9H15NO3/c1-6(2)5-8(9(12)13-4)10-7(3)11/h5-6H,1-4H3,(H,10,11)/b8-5-. The summed E-state index contributed by atoms with van der Waals surface area (Å²) in [6.07, 6.45) is 1.65. The number of hydrogen-bond acceptors (Lipinski definition) is 3. The van der Waals surface area contributed by atoms with Crippen LogP contribution in [0.25, 0.3) is 0 Å². The number of rotatable bonds is 3. The maximum atomic E-state index is 11.1. The first kappa shape index (κ1) is 11.7. The summed E-state index contributed by atoms with van der Waals surface area (Å²) >= 11 is 0. The van der Waals surface area contributed by atoms with Crippen molar-refractivity contribution in [2.75, 3.05) is 7.11 Å². The van der Waals surface area contributed by atoms with E-state index in [9.17, 15) is 9.59 Å². The van der Waals surface area contributed by atoms with Crippen LogP contribution in [0.15, 0.2) is 11.8 Å². The van der Waals surface area contributed by atoms with Crippen molar-refractivity contribution in [1.82, 2.24) is 5.32 Å². The summed E-state index contributed by atoms with van der Waals surface area (Å²) in [4.78, 5) is 21.8. The minimum atomic E-state index is -0.524. The highest BCUT2D eigenvalue weighted by Crippen LogP contribution is 2.01. The van der Waals surface area contributed by atoms with Gasteiger partial charge in [-0.15, -0.1) is 0 Å². The zero-order valence-corrected chi connectivity index (χ0v) is 8.38. The molecule has 0 spiro atoms. The molecular weight excluding hydrogens is 170 g/mol. The molecule has 0 saturated heterocycles. The fraction of sp³-hybridized carbons (Fsp3) is 0.556. The first-order chi connectivity index (χ1) is 5.97. The van der Waals surface area contributed by atoms with Gasteiger partial charge in [0.15, 0.2) is 0 Å². The Morgan fingerprint density at radius 1 is 1.38 bits per heavy atom. The summed E-state index contributed by atoms with van der Waals surface area (Å²) in [5.74, 6) is -0.623. The van der Waals surface area contributed by atoms with Crippen LogP contribution in [0.3, 0.4) is 0 Å². The molecule has 74 valence electrons. The van der Waals surface area contributed by atoms with Gasteiger partial charge in [-0.3, -0.25) is 4.79 Å². The number of carbonyl (C=O) groups excluding carboxylic acids is 2. The molecule has 0 aromatic carbocycles. The fourth-order valence-corrected chi connectivity index (χ4v) is 0.794. The SMILES string of the molecule is COC(=O)/C(=C/C(C)C)NC(C)=O. The molecule has 0 aliphatic carbocycles. The van der Waals surface area contributed by atoms with Crippen LogP contribution >= 0.6 is 0 Å². The molecule has 4 heteroatoms. The zero-order chi connectivity index (χ0) is 10.4. The Labute approximate surface area is 78.0 Å². The number of methoxy groups -OCH3 is 1. The maximum Gasteiger partial charge on any atom is 0.354 e. The van der Waals surface area contributed by atoms with E-state index in [0.29, 0.717) is 0 Å². The molecule has 0 rings (SSSR count). The first-order valence-corrected chi connectivity index (χ1v) is 4.05. The summed E-state index contributed by atoms with van der Waals surface area (Å²) in [5.41, 5.74) is 0.199. The van der Waals surface area contributed by atoms with E-state index in [1.165, 1.54) is 14.0 Å². The van der Waals surface area contributed by atoms with Gasteiger partial charge in [-0.05, 0) is 5.92 Å². The van der Waals surface area contributed by atoms with E-state index in [1.807, 2.05) is 13.8 Å². The van der Waals surface area contributed by atoms with Gasteiger partial charge in [-0.25, -0.2) is 4.79 Å². The highest BCUT2D eigenvalue weighted by molar-refractivity contribution is 5.93. The number of hydrogen-bond donors (Lipinski definition) is 1. The van der Waals surface area contributed by atoms with Crippen LogP contribution in [-0.2, 0) is 14.3 Å². The summed E-state index contributed by atoms with van der Waals surface area (Å²) in [5, 5.41) is 2.41. The lowest BCUT2D eigenvalue weighted by Crippen LogP contribution is -2.26. The highest BCUT2D eigenvalue weighted by Gasteiger charge is 2.10. The van der Waals surface area contributed by atoms with E-state index in [4.69, 9.17) is 0 Å². The second-order valence-corrected chi connectivity index (χ2v) is 3.00. The molecule has 0 fully saturated rings. The minimum absolute atomic E-state index is 0.181. The van der Waals surface area contributed by atoms with Crippen LogP contribution in [0.2, 0.25) is 0 Å². The predicted molar refractivity (Wildman–Crippen MR) is 48.8 cm³/mol. The van der Waals surface area contributed by atoms with Crippen molar-refractivity contribution < 1.29 is 14.3 Å². The van der Waals surface area contributed by atoms with Crippen molar-refractivity contribution in [3.63, 3.8) is 0 Å². The molecule has 0 atom stereocenters. The largest absolute Gasteiger partial charge is 0.464 e. The highest BCUT2D eigenvalue weighted by atomic mass is 16.5. The molecule has 0 aliphatic rings. The minimum Gasteiger partial charge on any atom is -0.464 e. The molecule has 0 unspecified atom stereocenters. The van der Waals surface area contributed by atoms with Gasteiger partial charge in [-0.2, -0.15) is 0 Å². The molecule has 0 heterocycles. The van der Waals surface area contributed by atoms with Gasteiger partial charge in [0, 0.05) is 6.92 Å². The van der Waals surface area contributed by atoms with Gasteiger partial charge in [0.2, 0.25) is 5.91 Å². The molecular formula is C9H15NO3. The van der Waals surface area contributed by atoms with E-state index >= 15 is 0 Å². The molecule has 0 radical (unpaired) electrons. The maximum absolute atomic E-state index is 11.1. The van der Waals surface area contributed by atoms with Crippen LogP contribution in [-0.4, -0.2) is 19.0 Å². The predicted octanol–water partition coefficient (Wildman–Crippen LogP) is 0.835. The van der Waals surface area contributed by atoms with Crippen LogP contribution in [0, 0.1) is 5.92 Å². The van der Waals surface area contributed by atoms with E-state index in [1.54, 1.807) is 6.08 Å². The Morgan fingerprint density at radius 2 is 1.92 bits per heavy atom. The Balaban J connectivity index is 4.55. The molecule has 0 saturated carbocycles. The lowest BCUT2D eigenvalue weighted by Gasteiger charge is -2.06. The molecule has 0 aromatic heterocycles. The van der Waals surface area contributed by atoms with Crippen molar-refractivity contribution >= 4 is 11.9 Å². The van der Waals surface area contributed by atoms with E-state index in [2.05, 4.69) is 10.1 Å². The molecule has 13 heavy (non-hydrogen) atoms. The number of allylic oxidation sites excluding steroid dienone is 1. The Morgan fingerprint density at radius 3 is 2.23 bits per heavy atom.